The summed E-state index contributed by atoms with van der Waals surface area (Å²) in [5, 5.41) is 4.29. The first-order valence-corrected chi connectivity index (χ1v) is 18.0. The maximum atomic E-state index is 13.6. The van der Waals surface area contributed by atoms with E-state index in [1.807, 2.05) is 75.8 Å². The minimum absolute atomic E-state index is 0.185. The number of anilines is 3. The van der Waals surface area contributed by atoms with Gasteiger partial charge < -0.3 is 20.5 Å². The zero-order chi connectivity index (χ0) is 37.0. The fourth-order valence-electron chi connectivity index (χ4n) is 5.60. The van der Waals surface area contributed by atoms with Crippen molar-refractivity contribution in [1.29, 1.82) is 0 Å². The van der Waals surface area contributed by atoms with Gasteiger partial charge in [0, 0.05) is 11.8 Å². The predicted octanol–water partition coefficient (Wildman–Crippen LogP) is 5.21. The van der Waals surface area contributed by atoms with E-state index in [0.29, 0.717) is 35.8 Å². The van der Waals surface area contributed by atoms with E-state index in [4.69, 9.17) is 21.1 Å². The summed E-state index contributed by atoms with van der Waals surface area (Å²) >= 11 is 0. The number of nitrogens with two attached hydrogens (primary N) is 2. The molecule has 1 aromatic heterocycles. The maximum Gasteiger partial charge on any atom is 0.262 e. The second-order valence-electron chi connectivity index (χ2n) is 14.1. The standard InChI is InChI=1S/C37H49N7O5S/c1-24-15-16-26(34(45)41-29-18-27(36(2,3)4)19-30(33(29)48-8)42-50(9,46)47)17-31(24)44(39)21-28(38)32-20-40-35(43(32)7)37(5,6)23-49-22-25-13-11-10-12-14-25/h10-21,42H,22-23,38-39H2,1-9H3,(H,41,45)/p+1. The Bertz CT molecular complexity index is 1980. The van der Waals surface area contributed by atoms with Gasteiger partial charge in [-0.15, -0.1) is 0 Å². The number of carbonyl (C=O) groups excluding carboxylic acids is 1. The molecule has 0 saturated carbocycles. The number of imidazole rings is 1. The van der Waals surface area contributed by atoms with E-state index in [-0.39, 0.29) is 22.3 Å². The largest absolute Gasteiger partial charge is 0.492 e. The molecule has 0 aliphatic rings. The van der Waals surface area contributed by atoms with Gasteiger partial charge in [-0.1, -0.05) is 57.2 Å². The third-order valence-corrected chi connectivity index (χ3v) is 8.87. The average Bonchev–Trinajstić information content (AvgIpc) is 3.42. The van der Waals surface area contributed by atoms with Gasteiger partial charge in [0.15, 0.2) is 11.4 Å². The van der Waals surface area contributed by atoms with Crippen LogP contribution in [0.1, 0.15) is 73.2 Å². The number of amides is 1. The van der Waals surface area contributed by atoms with Gasteiger partial charge in [-0.2, -0.15) is 0 Å². The van der Waals surface area contributed by atoms with Crippen molar-refractivity contribution in [2.45, 2.75) is 59.0 Å². The van der Waals surface area contributed by atoms with Crippen LogP contribution in [0.3, 0.4) is 0 Å². The van der Waals surface area contributed by atoms with Crippen molar-refractivity contribution in [2.75, 3.05) is 35.0 Å². The fraction of sp³-hybridized carbons (Fsp3) is 0.351. The third-order valence-electron chi connectivity index (χ3n) is 8.28. The van der Waals surface area contributed by atoms with E-state index < -0.39 is 15.9 Å². The van der Waals surface area contributed by atoms with Gasteiger partial charge in [0.2, 0.25) is 10.0 Å². The van der Waals surface area contributed by atoms with Crippen LogP contribution in [0.4, 0.5) is 17.1 Å². The van der Waals surface area contributed by atoms with Crippen molar-refractivity contribution in [2.24, 2.45) is 18.6 Å². The molecule has 0 fully saturated rings. The molecule has 50 heavy (non-hydrogen) atoms. The van der Waals surface area contributed by atoms with Crippen LogP contribution in [0.25, 0.3) is 5.70 Å². The Morgan fingerprint density at radius 3 is 2.32 bits per heavy atom. The number of carbonyl (C=O) groups is 1. The molecule has 0 radical (unpaired) electrons. The molecule has 4 rings (SSSR count). The number of nitrogens with zero attached hydrogens (tertiary/aromatic N) is 2. The lowest BCUT2D eigenvalue weighted by Crippen LogP contribution is -2.44. The fourth-order valence-corrected chi connectivity index (χ4v) is 6.15. The SMILES string of the molecule is COc1c(NC(=O)c2ccc(C)c(N(N)C=C(N)c3c[nH]c(C(C)(C)COCc4ccccc4)[n+]3C)c2)cc(C(C)(C)C)cc1NS(C)(=O)=O. The minimum atomic E-state index is -3.63. The number of methoxy groups -OCH3 is 1. The van der Waals surface area contributed by atoms with Gasteiger partial charge in [0.25, 0.3) is 11.7 Å². The highest BCUT2D eigenvalue weighted by molar-refractivity contribution is 7.92. The highest BCUT2D eigenvalue weighted by atomic mass is 32.2. The van der Waals surface area contributed by atoms with Crippen LogP contribution in [0.2, 0.25) is 0 Å². The summed E-state index contributed by atoms with van der Waals surface area (Å²) in [5.41, 5.74) is 11.1. The lowest BCUT2D eigenvalue weighted by molar-refractivity contribution is -0.683. The van der Waals surface area contributed by atoms with Gasteiger partial charge in [0.05, 0.1) is 56.1 Å². The molecule has 268 valence electrons. The van der Waals surface area contributed by atoms with Crippen LogP contribution in [-0.4, -0.2) is 39.3 Å². The minimum Gasteiger partial charge on any atom is -0.492 e. The first-order valence-electron chi connectivity index (χ1n) is 16.1. The molecular weight excluding hydrogens is 655 g/mol. The predicted molar refractivity (Wildman–Crippen MR) is 199 cm³/mol. The maximum absolute atomic E-state index is 13.6. The molecular formula is C37H50N7O5S+. The number of sulfonamides is 1. The topological polar surface area (TPSA) is 169 Å². The molecule has 12 nitrogen and oxygen atoms in total. The highest BCUT2D eigenvalue weighted by Gasteiger charge is 2.33. The van der Waals surface area contributed by atoms with Gasteiger partial charge in [-0.3, -0.25) is 14.5 Å². The van der Waals surface area contributed by atoms with Crippen LogP contribution in [0.5, 0.6) is 5.75 Å². The number of aromatic amines is 1. The second-order valence-corrected chi connectivity index (χ2v) is 15.9. The summed E-state index contributed by atoms with van der Waals surface area (Å²) in [7, 11) is -0.287. The Morgan fingerprint density at radius 2 is 1.70 bits per heavy atom. The third kappa shape index (κ3) is 9.23. The van der Waals surface area contributed by atoms with Crippen molar-refractivity contribution in [3.05, 3.63) is 107 Å². The lowest BCUT2D eigenvalue weighted by atomic mass is 9.86. The quantitative estimate of drug-likeness (QED) is 0.0718. The van der Waals surface area contributed by atoms with Crippen LogP contribution in [0, 0.1) is 6.92 Å². The summed E-state index contributed by atoms with van der Waals surface area (Å²) in [4.78, 5) is 17.0. The van der Waals surface area contributed by atoms with Crippen LogP contribution in [0.15, 0.2) is 73.1 Å². The Balaban J connectivity index is 1.57. The van der Waals surface area contributed by atoms with Crippen LogP contribution >= 0.6 is 0 Å². The van der Waals surface area contributed by atoms with Gasteiger partial charge in [-0.25, -0.2) is 23.8 Å². The van der Waals surface area contributed by atoms with Gasteiger partial charge >= 0.3 is 0 Å². The molecule has 1 amide bonds. The Morgan fingerprint density at radius 1 is 1.04 bits per heavy atom. The number of ether oxygens (including phenoxy) is 2. The molecule has 4 aromatic rings. The Hall–Kier alpha value is -4.85. The van der Waals surface area contributed by atoms with E-state index in [0.717, 1.165) is 34.5 Å². The summed E-state index contributed by atoms with van der Waals surface area (Å²) in [6, 6.07) is 18.7. The van der Waals surface area contributed by atoms with Crippen molar-refractivity contribution in [1.82, 2.24) is 4.98 Å². The molecule has 0 spiro atoms. The molecule has 13 heteroatoms. The molecule has 0 saturated heterocycles. The monoisotopic (exact) mass is 704 g/mol. The zero-order valence-corrected chi connectivity index (χ0v) is 31.2. The van der Waals surface area contributed by atoms with Crippen molar-refractivity contribution < 1.29 is 27.3 Å². The molecule has 3 aromatic carbocycles. The van der Waals surface area contributed by atoms with E-state index in [9.17, 15) is 13.2 Å². The first-order chi connectivity index (χ1) is 23.3. The number of hydrazine groups is 1. The van der Waals surface area contributed by atoms with E-state index >= 15 is 0 Å². The number of aryl methyl sites for hydroxylation is 1. The molecule has 0 unspecified atom stereocenters. The number of hydrogen-bond acceptors (Lipinski definition) is 8. The first kappa shape index (κ1) is 38.0. The number of rotatable bonds is 13. The number of hydrogen-bond donors (Lipinski definition) is 5. The van der Waals surface area contributed by atoms with Gasteiger partial charge in [0.1, 0.15) is 11.9 Å². The Labute approximate surface area is 295 Å². The van der Waals surface area contributed by atoms with Crippen molar-refractivity contribution in [3.8, 4) is 5.75 Å². The number of H-pyrrole nitrogens is 1. The van der Waals surface area contributed by atoms with Gasteiger partial charge in [-0.05, 0) is 67.1 Å². The summed E-state index contributed by atoms with van der Waals surface area (Å²) in [6.07, 6.45) is 4.49. The molecule has 0 aliphatic carbocycles. The van der Waals surface area contributed by atoms with Crippen LogP contribution in [-0.2, 0) is 39.2 Å². The second kappa shape index (κ2) is 15.0. The van der Waals surface area contributed by atoms with E-state index in [2.05, 4.69) is 28.9 Å². The average molecular weight is 705 g/mol. The zero-order valence-electron chi connectivity index (χ0n) is 30.3. The Kier molecular flexibility index (Phi) is 11.4. The van der Waals surface area contributed by atoms with E-state index in [1.54, 1.807) is 36.5 Å². The number of aromatic nitrogens is 2. The number of nitrogens with one attached hydrogen (secondary N) is 3. The van der Waals surface area contributed by atoms with Crippen molar-refractivity contribution in [3.63, 3.8) is 0 Å². The molecule has 0 atom stereocenters. The van der Waals surface area contributed by atoms with E-state index in [1.165, 1.54) is 12.1 Å². The summed E-state index contributed by atoms with van der Waals surface area (Å²) in [6.45, 7) is 13.0. The molecule has 1 heterocycles. The molecule has 0 aliphatic heterocycles. The summed E-state index contributed by atoms with van der Waals surface area (Å²) in [5.74, 6) is 7.20. The highest BCUT2D eigenvalue weighted by Crippen LogP contribution is 2.39. The van der Waals surface area contributed by atoms with Crippen LogP contribution < -0.4 is 35.9 Å². The smallest absolute Gasteiger partial charge is 0.262 e. The summed E-state index contributed by atoms with van der Waals surface area (Å²) < 4.78 is 40.4. The lowest BCUT2D eigenvalue weighted by Gasteiger charge is -2.24. The number of benzene rings is 3. The van der Waals surface area contributed by atoms with Crippen molar-refractivity contribution >= 4 is 38.7 Å². The molecule has 0 bridgehead atoms. The normalized spacial score (nSPS) is 12.5. The molecule has 7 N–H and O–H groups in total.